The normalized spacial score (nSPS) is 17.0. The second-order valence-corrected chi connectivity index (χ2v) is 7.68. The summed E-state index contributed by atoms with van der Waals surface area (Å²) in [6.45, 7) is 2.51. The van der Waals surface area contributed by atoms with Gasteiger partial charge in [0.25, 0.3) is 0 Å². The van der Waals surface area contributed by atoms with Crippen molar-refractivity contribution in [3.05, 3.63) is 101 Å². The highest BCUT2D eigenvalue weighted by atomic mass is 19.1. The minimum Gasteiger partial charge on any atom is -0.368 e. The molecule has 1 amide bonds. The molecule has 2 atom stereocenters. The number of aryl methyl sites for hydroxylation is 1. The van der Waals surface area contributed by atoms with Crippen LogP contribution < -0.4 is 5.32 Å². The number of amides is 1. The van der Waals surface area contributed by atoms with Gasteiger partial charge < -0.3 is 10.2 Å². The molecule has 154 valence electrons. The Bertz CT molecular complexity index is 1040. The van der Waals surface area contributed by atoms with Gasteiger partial charge in [0.2, 0.25) is 5.91 Å². The zero-order valence-corrected chi connectivity index (χ0v) is 16.8. The van der Waals surface area contributed by atoms with Crippen LogP contribution >= 0.6 is 0 Å². The van der Waals surface area contributed by atoms with Crippen LogP contribution in [0.4, 0.5) is 14.5 Å². The molecule has 5 heteroatoms. The standard InChI is InChI=1S/C25H24F2N2O/c1-17-12-14-18(15-13-17)24(28-22-10-5-4-9-21(22)27)25(30)29-16-6-11-23(29)19-7-2-3-8-20(19)26/h2-5,7-10,12-15,23-24,28H,6,11,16H2,1H3/t23-,24-/m0/s1. The minimum atomic E-state index is -0.769. The molecule has 0 aliphatic carbocycles. The maximum Gasteiger partial charge on any atom is 0.250 e. The fraction of sp³-hybridized carbons (Fsp3) is 0.240. The average molecular weight is 406 g/mol. The Labute approximate surface area is 175 Å². The highest BCUT2D eigenvalue weighted by molar-refractivity contribution is 5.87. The molecule has 1 fully saturated rings. The summed E-state index contributed by atoms with van der Waals surface area (Å²) in [5.41, 5.74) is 2.60. The minimum absolute atomic E-state index is 0.187. The van der Waals surface area contributed by atoms with Gasteiger partial charge in [0, 0.05) is 12.1 Å². The van der Waals surface area contributed by atoms with Crippen LogP contribution in [0.2, 0.25) is 0 Å². The monoisotopic (exact) mass is 406 g/mol. The first-order valence-electron chi connectivity index (χ1n) is 10.2. The van der Waals surface area contributed by atoms with Crippen molar-refractivity contribution < 1.29 is 13.6 Å². The molecule has 1 aliphatic rings. The number of likely N-dealkylation sites (tertiary alicyclic amines) is 1. The third-order valence-corrected chi connectivity index (χ3v) is 5.63. The van der Waals surface area contributed by atoms with Crippen molar-refractivity contribution in [1.82, 2.24) is 4.90 Å². The van der Waals surface area contributed by atoms with Crippen LogP contribution in [-0.4, -0.2) is 17.4 Å². The van der Waals surface area contributed by atoms with E-state index in [1.165, 1.54) is 12.1 Å². The zero-order valence-electron chi connectivity index (χ0n) is 16.8. The van der Waals surface area contributed by atoms with E-state index in [9.17, 15) is 13.6 Å². The molecule has 0 bridgehead atoms. The van der Waals surface area contributed by atoms with E-state index in [-0.39, 0.29) is 23.5 Å². The molecule has 0 saturated carbocycles. The van der Waals surface area contributed by atoms with Crippen LogP contribution in [0.25, 0.3) is 0 Å². The van der Waals surface area contributed by atoms with E-state index in [1.54, 1.807) is 41.3 Å². The Morgan fingerprint density at radius 1 is 0.967 bits per heavy atom. The second kappa shape index (κ2) is 8.66. The lowest BCUT2D eigenvalue weighted by molar-refractivity contribution is -0.133. The maximum atomic E-state index is 14.4. The van der Waals surface area contributed by atoms with Crippen molar-refractivity contribution in [1.29, 1.82) is 0 Å². The summed E-state index contributed by atoms with van der Waals surface area (Å²) in [7, 11) is 0. The van der Waals surface area contributed by atoms with Gasteiger partial charge in [-0.3, -0.25) is 4.79 Å². The molecule has 1 heterocycles. The van der Waals surface area contributed by atoms with Gasteiger partial charge in [-0.25, -0.2) is 8.78 Å². The summed E-state index contributed by atoms with van der Waals surface area (Å²) in [6, 6.07) is 19.4. The Balaban J connectivity index is 1.69. The van der Waals surface area contributed by atoms with Crippen LogP contribution in [0.1, 0.15) is 41.6 Å². The molecule has 3 nitrogen and oxygen atoms in total. The summed E-state index contributed by atoms with van der Waals surface area (Å²) in [5.74, 6) is -0.918. The van der Waals surface area contributed by atoms with E-state index in [2.05, 4.69) is 5.32 Å². The van der Waals surface area contributed by atoms with E-state index < -0.39 is 11.9 Å². The molecule has 1 aliphatic heterocycles. The third kappa shape index (κ3) is 4.06. The molecule has 4 rings (SSSR count). The lowest BCUT2D eigenvalue weighted by Crippen LogP contribution is -2.38. The smallest absolute Gasteiger partial charge is 0.250 e. The summed E-state index contributed by atoms with van der Waals surface area (Å²) < 4.78 is 28.8. The molecule has 0 unspecified atom stereocenters. The second-order valence-electron chi connectivity index (χ2n) is 7.68. The maximum absolute atomic E-state index is 14.4. The highest BCUT2D eigenvalue weighted by Crippen LogP contribution is 2.36. The molecular formula is C25H24F2N2O. The van der Waals surface area contributed by atoms with Crippen LogP contribution in [0, 0.1) is 18.6 Å². The number of para-hydroxylation sites is 1. The molecule has 3 aromatic carbocycles. The SMILES string of the molecule is Cc1ccc([C@H](Nc2ccccc2F)C(=O)N2CCC[C@H]2c2ccccc2F)cc1. The van der Waals surface area contributed by atoms with Crippen LogP contribution in [0.15, 0.2) is 72.8 Å². The number of anilines is 1. The van der Waals surface area contributed by atoms with Gasteiger partial charge in [0.1, 0.15) is 17.7 Å². The summed E-state index contributed by atoms with van der Waals surface area (Å²) in [4.78, 5) is 15.4. The number of benzene rings is 3. The number of rotatable bonds is 5. The molecule has 1 saturated heterocycles. The van der Waals surface area contributed by atoms with E-state index >= 15 is 0 Å². The number of carbonyl (C=O) groups is 1. The quantitative estimate of drug-likeness (QED) is 0.582. The van der Waals surface area contributed by atoms with Gasteiger partial charge in [-0.05, 0) is 43.5 Å². The molecule has 1 N–H and O–H groups in total. The summed E-state index contributed by atoms with van der Waals surface area (Å²) >= 11 is 0. The number of nitrogens with zero attached hydrogens (tertiary/aromatic N) is 1. The Hall–Kier alpha value is -3.21. The van der Waals surface area contributed by atoms with Gasteiger partial charge in [-0.1, -0.05) is 60.2 Å². The molecular weight excluding hydrogens is 382 g/mol. The van der Waals surface area contributed by atoms with Crippen molar-refractivity contribution in [2.45, 2.75) is 31.8 Å². The molecule has 3 aromatic rings. The molecule has 30 heavy (non-hydrogen) atoms. The lowest BCUT2D eigenvalue weighted by atomic mass is 10.0. The van der Waals surface area contributed by atoms with Gasteiger partial charge in [0.15, 0.2) is 0 Å². The average Bonchev–Trinajstić information content (AvgIpc) is 3.23. The molecule has 0 aromatic heterocycles. The predicted octanol–water partition coefficient (Wildman–Crippen LogP) is 5.79. The van der Waals surface area contributed by atoms with Crippen molar-refractivity contribution in [3.8, 4) is 0 Å². The van der Waals surface area contributed by atoms with Crippen LogP contribution in [0.3, 0.4) is 0 Å². The number of halogens is 2. The number of carbonyl (C=O) groups excluding carboxylic acids is 1. The molecule has 0 radical (unpaired) electrons. The van der Waals surface area contributed by atoms with Crippen LogP contribution in [0.5, 0.6) is 0 Å². The first-order chi connectivity index (χ1) is 14.5. The van der Waals surface area contributed by atoms with E-state index in [1.807, 2.05) is 31.2 Å². The molecule has 0 spiro atoms. The summed E-state index contributed by atoms with van der Waals surface area (Å²) in [5, 5.41) is 3.09. The number of hydrogen-bond acceptors (Lipinski definition) is 2. The van der Waals surface area contributed by atoms with Gasteiger partial charge in [-0.2, -0.15) is 0 Å². The van der Waals surface area contributed by atoms with Crippen molar-refractivity contribution in [2.75, 3.05) is 11.9 Å². The first-order valence-corrected chi connectivity index (χ1v) is 10.2. The van der Waals surface area contributed by atoms with E-state index in [4.69, 9.17) is 0 Å². The first kappa shape index (κ1) is 20.1. The van der Waals surface area contributed by atoms with Crippen LogP contribution in [-0.2, 0) is 4.79 Å². The highest BCUT2D eigenvalue weighted by Gasteiger charge is 2.36. The fourth-order valence-corrected chi connectivity index (χ4v) is 4.05. The Kier molecular flexibility index (Phi) is 5.79. The predicted molar refractivity (Wildman–Crippen MR) is 114 cm³/mol. The number of nitrogens with one attached hydrogen (secondary N) is 1. The topological polar surface area (TPSA) is 32.3 Å². The van der Waals surface area contributed by atoms with Crippen molar-refractivity contribution in [2.24, 2.45) is 0 Å². The van der Waals surface area contributed by atoms with E-state index in [0.717, 1.165) is 17.5 Å². The number of hydrogen-bond donors (Lipinski definition) is 1. The van der Waals surface area contributed by atoms with E-state index in [0.29, 0.717) is 18.5 Å². The fourth-order valence-electron chi connectivity index (χ4n) is 4.05. The van der Waals surface area contributed by atoms with Crippen molar-refractivity contribution >= 4 is 11.6 Å². The van der Waals surface area contributed by atoms with Gasteiger partial charge in [-0.15, -0.1) is 0 Å². The van der Waals surface area contributed by atoms with Crippen molar-refractivity contribution in [3.63, 3.8) is 0 Å². The lowest BCUT2D eigenvalue weighted by Gasteiger charge is -2.30. The van der Waals surface area contributed by atoms with Gasteiger partial charge in [0.05, 0.1) is 11.7 Å². The third-order valence-electron chi connectivity index (χ3n) is 5.63. The largest absolute Gasteiger partial charge is 0.368 e. The summed E-state index contributed by atoms with van der Waals surface area (Å²) in [6.07, 6.45) is 1.50. The Morgan fingerprint density at radius 3 is 2.33 bits per heavy atom. The zero-order chi connectivity index (χ0) is 21.1. The Morgan fingerprint density at radius 2 is 1.63 bits per heavy atom. The van der Waals surface area contributed by atoms with Gasteiger partial charge >= 0.3 is 0 Å².